The lowest BCUT2D eigenvalue weighted by molar-refractivity contribution is -0.141. The molecule has 100 valence electrons. The number of hydrogen-bond donors (Lipinski definition) is 1. The molecule has 0 aliphatic carbocycles. The van der Waals surface area contributed by atoms with Crippen molar-refractivity contribution in [1.29, 1.82) is 0 Å². The molecule has 4 nitrogen and oxygen atoms in total. The average molecular weight is 271 g/mol. The summed E-state index contributed by atoms with van der Waals surface area (Å²) in [6.07, 6.45) is 0. The second kappa shape index (κ2) is 6.73. The molecule has 0 radical (unpaired) electrons. The first-order valence-corrected chi connectivity index (χ1v) is 5.80. The number of carbonyl (C=O) groups excluding carboxylic acids is 1. The van der Waals surface area contributed by atoms with Crippen molar-refractivity contribution >= 4 is 18.4 Å². The summed E-state index contributed by atoms with van der Waals surface area (Å²) >= 11 is 0. The van der Waals surface area contributed by atoms with E-state index in [1.807, 2.05) is 23.1 Å². The van der Waals surface area contributed by atoms with Crippen molar-refractivity contribution in [2.45, 2.75) is 12.0 Å². The van der Waals surface area contributed by atoms with E-state index in [2.05, 4.69) is 16.9 Å². The van der Waals surface area contributed by atoms with E-state index in [4.69, 9.17) is 5.73 Å². The molecule has 2 atom stereocenters. The third-order valence-corrected chi connectivity index (χ3v) is 3.25. The van der Waals surface area contributed by atoms with Crippen LogP contribution in [0.3, 0.4) is 0 Å². The Labute approximate surface area is 114 Å². The molecule has 0 spiro atoms. The van der Waals surface area contributed by atoms with Crippen LogP contribution in [0.25, 0.3) is 0 Å². The van der Waals surface area contributed by atoms with Crippen molar-refractivity contribution in [3.8, 4) is 0 Å². The number of hydrogen-bond acceptors (Lipinski definition) is 4. The van der Waals surface area contributed by atoms with Crippen LogP contribution < -0.4 is 5.73 Å². The number of carbonyl (C=O) groups is 1. The summed E-state index contributed by atoms with van der Waals surface area (Å²) in [5.74, 6) is 0.103. The van der Waals surface area contributed by atoms with Gasteiger partial charge in [0.15, 0.2) is 0 Å². The number of likely N-dealkylation sites (tertiary alicyclic amines) is 1. The molecule has 1 saturated heterocycles. The van der Waals surface area contributed by atoms with Gasteiger partial charge in [-0.05, 0) is 5.56 Å². The first-order valence-electron chi connectivity index (χ1n) is 5.80. The number of methoxy groups -OCH3 is 1. The minimum Gasteiger partial charge on any atom is -0.468 e. The maximum atomic E-state index is 11.2. The molecule has 0 unspecified atom stereocenters. The van der Waals surface area contributed by atoms with E-state index in [-0.39, 0.29) is 24.4 Å². The summed E-state index contributed by atoms with van der Waals surface area (Å²) in [4.78, 5) is 13.3. The topological polar surface area (TPSA) is 55.6 Å². The number of nitrogens with zero attached hydrogens (tertiary/aromatic N) is 1. The van der Waals surface area contributed by atoms with Gasteiger partial charge in [-0.3, -0.25) is 9.69 Å². The molecule has 1 aromatic carbocycles. The maximum Gasteiger partial charge on any atom is 0.319 e. The van der Waals surface area contributed by atoms with E-state index in [0.717, 1.165) is 13.1 Å². The number of ether oxygens (including phenoxy) is 1. The van der Waals surface area contributed by atoms with Crippen molar-refractivity contribution in [3.05, 3.63) is 35.9 Å². The van der Waals surface area contributed by atoms with Gasteiger partial charge in [0.1, 0.15) is 0 Å². The third kappa shape index (κ3) is 3.45. The van der Waals surface area contributed by atoms with Crippen LogP contribution in [0.2, 0.25) is 0 Å². The lowest BCUT2D eigenvalue weighted by Gasteiger charge is -2.14. The first kappa shape index (κ1) is 15.0. The van der Waals surface area contributed by atoms with Gasteiger partial charge in [-0.15, -0.1) is 12.4 Å². The number of benzene rings is 1. The molecule has 1 aliphatic heterocycles. The van der Waals surface area contributed by atoms with E-state index in [0.29, 0.717) is 12.5 Å². The van der Waals surface area contributed by atoms with Crippen LogP contribution in [-0.2, 0) is 9.53 Å². The summed E-state index contributed by atoms with van der Waals surface area (Å²) in [6.45, 7) is 1.89. The van der Waals surface area contributed by atoms with Crippen LogP contribution in [0.5, 0.6) is 0 Å². The normalized spacial score (nSPS) is 23.4. The molecule has 0 bridgehead atoms. The van der Waals surface area contributed by atoms with Crippen LogP contribution in [-0.4, -0.2) is 43.7 Å². The van der Waals surface area contributed by atoms with Gasteiger partial charge in [-0.1, -0.05) is 30.3 Å². The number of rotatable bonds is 3. The summed E-state index contributed by atoms with van der Waals surface area (Å²) < 4.78 is 4.67. The van der Waals surface area contributed by atoms with E-state index in [9.17, 15) is 4.79 Å². The number of esters is 1. The quantitative estimate of drug-likeness (QED) is 0.833. The number of halogens is 1. The van der Waals surface area contributed by atoms with Crippen LogP contribution in [0.1, 0.15) is 11.5 Å². The number of nitrogens with two attached hydrogens (primary N) is 1. The monoisotopic (exact) mass is 270 g/mol. The Bertz CT molecular complexity index is 386. The molecule has 1 aromatic rings. The molecule has 2 rings (SSSR count). The van der Waals surface area contributed by atoms with Gasteiger partial charge < -0.3 is 10.5 Å². The Morgan fingerprint density at radius 2 is 2.06 bits per heavy atom. The zero-order valence-electron chi connectivity index (χ0n) is 10.4. The predicted octanol–water partition coefficient (Wildman–Crippen LogP) is 1.01. The van der Waals surface area contributed by atoms with Crippen LogP contribution in [0.4, 0.5) is 0 Å². The molecule has 18 heavy (non-hydrogen) atoms. The maximum absolute atomic E-state index is 11.2. The molecule has 1 aliphatic rings. The fourth-order valence-corrected chi connectivity index (χ4v) is 2.34. The third-order valence-electron chi connectivity index (χ3n) is 3.25. The van der Waals surface area contributed by atoms with Crippen LogP contribution in [0, 0.1) is 0 Å². The summed E-state index contributed by atoms with van der Waals surface area (Å²) in [5.41, 5.74) is 7.37. The predicted molar refractivity (Wildman–Crippen MR) is 72.9 cm³/mol. The van der Waals surface area contributed by atoms with Crippen LogP contribution >= 0.6 is 12.4 Å². The fraction of sp³-hybridized carbons (Fsp3) is 0.462. The van der Waals surface area contributed by atoms with Gasteiger partial charge in [0, 0.05) is 25.0 Å². The van der Waals surface area contributed by atoms with Crippen molar-refractivity contribution in [2.24, 2.45) is 5.73 Å². The minimum absolute atomic E-state index is 0. The SMILES string of the molecule is COC(=O)CN1C[C@H](c2ccccc2)[C@@H](N)C1.Cl. The van der Waals surface area contributed by atoms with E-state index in [1.54, 1.807) is 0 Å². The van der Waals surface area contributed by atoms with Gasteiger partial charge >= 0.3 is 5.97 Å². The highest BCUT2D eigenvalue weighted by Gasteiger charge is 2.32. The first-order chi connectivity index (χ1) is 8.20. The molecule has 2 N–H and O–H groups in total. The van der Waals surface area contributed by atoms with Crippen molar-refractivity contribution in [2.75, 3.05) is 26.7 Å². The molecular formula is C13H19ClN2O2. The molecule has 1 heterocycles. The van der Waals surface area contributed by atoms with Gasteiger partial charge in [-0.2, -0.15) is 0 Å². The molecule has 5 heteroatoms. The van der Waals surface area contributed by atoms with E-state index in [1.165, 1.54) is 12.7 Å². The highest BCUT2D eigenvalue weighted by atomic mass is 35.5. The Kier molecular flexibility index (Phi) is 5.59. The summed E-state index contributed by atoms with van der Waals surface area (Å²) in [6, 6.07) is 10.3. The minimum atomic E-state index is -0.203. The molecule has 1 fully saturated rings. The Hall–Kier alpha value is -1.10. The van der Waals surface area contributed by atoms with Crippen molar-refractivity contribution < 1.29 is 9.53 Å². The fourth-order valence-electron chi connectivity index (χ4n) is 2.34. The lowest BCUT2D eigenvalue weighted by atomic mass is 9.95. The smallest absolute Gasteiger partial charge is 0.319 e. The highest BCUT2D eigenvalue weighted by molar-refractivity contribution is 5.85. The lowest BCUT2D eigenvalue weighted by Crippen LogP contribution is -2.31. The Morgan fingerprint density at radius 1 is 1.39 bits per heavy atom. The second-order valence-electron chi connectivity index (χ2n) is 4.45. The summed E-state index contributed by atoms with van der Waals surface area (Å²) in [7, 11) is 1.41. The van der Waals surface area contributed by atoms with Crippen molar-refractivity contribution in [1.82, 2.24) is 4.90 Å². The second-order valence-corrected chi connectivity index (χ2v) is 4.45. The Morgan fingerprint density at radius 3 is 2.67 bits per heavy atom. The van der Waals surface area contributed by atoms with E-state index < -0.39 is 0 Å². The molecule has 0 aromatic heterocycles. The zero-order valence-corrected chi connectivity index (χ0v) is 11.2. The van der Waals surface area contributed by atoms with Crippen molar-refractivity contribution in [3.63, 3.8) is 0 Å². The average Bonchev–Trinajstić information content (AvgIpc) is 2.71. The standard InChI is InChI=1S/C13H18N2O2.ClH/c1-17-13(16)9-15-7-11(12(14)8-15)10-5-3-2-4-6-10;/h2-6,11-12H,7-9,14H2,1H3;1H/t11-,12+;/m1./s1. The largest absolute Gasteiger partial charge is 0.468 e. The molecule has 0 amide bonds. The zero-order chi connectivity index (χ0) is 12.3. The van der Waals surface area contributed by atoms with E-state index >= 15 is 0 Å². The highest BCUT2D eigenvalue weighted by Crippen LogP contribution is 2.25. The molecular weight excluding hydrogens is 252 g/mol. The summed E-state index contributed by atoms with van der Waals surface area (Å²) in [5, 5.41) is 0. The van der Waals surface area contributed by atoms with Gasteiger partial charge in [0.05, 0.1) is 13.7 Å². The molecule has 0 saturated carbocycles. The van der Waals surface area contributed by atoms with Gasteiger partial charge in [0.2, 0.25) is 0 Å². The van der Waals surface area contributed by atoms with Gasteiger partial charge in [-0.25, -0.2) is 0 Å². The Balaban J connectivity index is 0.00000162. The van der Waals surface area contributed by atoms with Gasteiger partial charge in [0.25, 0.3) is 0 Å². The van der Waals surface area contributed by atoms with Crippen LogP contribution in [0.15, 0.2) is 30.3 Å².